The molecule has 142 valence electrons. The molecule has 0 radical (unpaired) electrons. The number of rotatable bonds is 5. The largest absolute Gasteiger partial charge is 0.534 e. The average Bonchev–Trinajstić information content (AvgIpc) is 2.69. The summed E-state index contributed by atoms with van der Waals surface area (Å²) in [6.07, 6.45) is 0. The molecule has 0 aromatic heterocycles. The van der Waals surface area contributed by atoms with Gasteiger partial charge in [0, 0.05) is 9.38 Å². The molecule has 28 heavy (non-hydrogen) atoms. The van der Waals surface area contributed by atoms with Crippen LogP contribution in [0, 0.1) is 0 Å². The minimum absolute atomic E-state index is 0.137. The van der Waals surface area contributed by atoms with Crippen molar-refractivity contribution in [3.05, 3.63) is 93.8 Å². The summed E-state index contributed by atoms with van der Waals surface area (Å²) in [5.74, 6) is 0.694. The van der Waals surface area contributed by atoms with Gasteiger partial charge in [-0.25, -0.2) is 0 Å². The zero-order valence-corrected chi connectivity index (χ0v) is 18.7. The van der Waals surface area contributed by atoms with Crippen LogP contribution < -0.4 is 14.8 Å². The minimum Gasteiger partial charge on any atom is -0.534 e. The molecule has 0 atom stereocenters. The van der Waals surface area contributed by atoms with Crippen LogP contribution in [0.4, 0.5) is 5.69 Å². The molecule has 3 aromatic carbocycles. The summed E-state index contributed by atoms with van der Waals surface area (Å²) >= 11 is 3.43. The minimum atomic E-state index is -2.70. The third-order valence-electron chi connectivity index (χ3n) is 4.76. The van der Waals surface area contributed by atoms with E-state index in [9.17, 15) is 0 Å². The Labute approximate surface area is 175 Å². The molecule has 0 N–H and O–H groups in total. The normalized spacial score (nSPS) is 11.6. The summed E-state index contributed by atoms with van der Waals surface area (Å²) in [6.45, 7) is 6.69. The lowest BCUT2D eigenvalue weighted by Gasteiger charge is -2.43. The maximum atomic E-state index is 8.86. The highest BCUT2D eigenvalue weighted by atomic mass is 79.9. The molecule has 3 rings (SSSR count). The Bertz CT molecular complexity index is 958. The maximum Gasteiger partial charge on any atom is 0.319 e. The molecule has 0 fully saturated rings. The molecule has 0 amide bonds. The van der Waals surface area contributed by atoms with Crippen LogP contribution in [0.5, 0.6) is 5.75 Å². The molecule has 0 heterocycles. The lowest BCUT2D eigenvalue weighted by molar-refractivity contribution is 0.508. The standard InChI is InChI=1S/C22H22BrN3OSi/c1-22(2,3)28(18-10-6-4-7-11-18,19-12-8-5-9-13-19)27-17-14-15-20(23)21(16-17)25-26-24/h4-16H,1-3H3. The first-order valence-corrected chi connectivity index (χ1v) is 11.7. The second-order valence-corrected chi connectivity index (χ2v) is 12.6. The van der Waals surface area contributed by atoms with E-state index in [0.717, 1.165) is 4.47 Å². The van der Waals surface area contributed by atoms with Crippen molar-refractivity contribution in [3.8, 4) is 5.75 Å². The summed E-state index contributed by atoms with van der Waals surface area (Å²) in [6, 6.07) is 26.4. The fraction of sp³-hybridized carbons (Fsp3) is 0.182. The zero-order valence-electron chi connectivity index (χ0n) is 16.1. The number of halogens is 1. The number of azide groups is 1. The van der Waals surface area contributed by atoms with E-state index in [2.05, 4.69) is 95.3 Å². The van der Waals surface area contributed by atoms with Gasteiger partial charge in [-0.1, -0.05) is 102 Å². The van der Waals surface area contributed by atoms with Gasteiger partial charge in [-0.2, -0.15) is 0 Å². The van der Waals surface area contributed by atoms with Gasteiger partial charge in [0.2, 0.25) is 0 Å². The molecular weight excluding hydrogens is 430 g/mol. The first-order valence-electron chi connectivity index (χ1n) is 9.03. The molecule has 4 nitrogen and oxygen atoms in total. The van der Waals surface area contributed by atoms with Crippen LogP contribution in [0.25, 0.3) is 10.4 Å². The van der Waals surface area contributed by atoms with Crippen LogP contribution in [-0.4, -0.2) is 8.32 Å². The number of hydrogen-bond acceptors (Lipinski definition) is 2. The molecule has 0 aliphatic carbocycles. The summed E-state index contributed by atoms with van der Waals surface area (Å²) in [5, 5.41) is 6.03. The van der Waals surface area contributed by atoms with E-state index in [-0.39, 0.29) is 5.04 Å². The third-order valence-corrected chi connectivity index (χ3v) is 10.4. The Morgan fingerprint density at radius 3 is 1.89 bits per heavy atom. The summed E-state index contributed by atoms with van der Waals surface area (Å²) < 4.78 is 7.65. The van der Waals surface area contributed by atoms with Crippen molar-refractivity contribution < 1.29 is 4.43 Å². The Balaban J connectivity index is 2.25. The van der Waals surface area contributed by atoms with Crippen LogP contribution in [0.2, 0.25) is 5.04 Å². The van der Waals surface area contributed by atoms with Crippen LogP contribution >= 0.6 is 15.9 Å². The van der Waals surface area contributed by atoms with Gasteiger partial charge in [-0.3, -0.25) is 0 Å². The molecule has 0 spiro atoms. The summed E-state index contributed by atoms with van der Waals surface area (Å²) in [5.41, 5.74) is 9.37. The molecule has 0 saturated heterocycles. The van der Waals surface area contributed by atoms with Gasteiger partial charge in [0.1, 0.15) is 5.75 Å². The van der Waals surface area contributed by atoms with Crippen LogP contribution in [0.15, 0.2) is 88.4 Å². The molecular formula is C22H22BrN3OSi. The lowest BCUT2D eigenvalue weighted by Crippen LogP contribution is -2.68. The lowest BCUT2D eigenvalue weighted by atomic mass is 10.2. The quantitative estimate of drug-likeness (QED) is 0.193. The van der Waals surface area contributed by atoms with Gasteiger partial charge in [0.25, 0.3) is 0 Å². The van der Waals surface area contributed by atoms with E-state index < -0.39 is 8.32 Å². The van der Waals surface area contributed by atoms with Crippen molar-refractivity contribution in [2.75, 3.05) is 0 Å². The van der Waals surface area contributed by atoms with Crippen molar-refractivity contribution in [1.82, 2.24) is 0 Å². The fourth-order valence-electron chi connectivity index (χ4n) is 3.51. The number of benzene rings is 3. The van der Waals surface area contributed by atoms with Crippen molar-refractivity contribution in [1.29, 1.82) is 0 Å². The summed E-state index contributed by atoms with van der Waals surface area (Å²) in [7, 11) is -2.70. The van der Waals surface area contributed by atoms with Crippen molar-refractivity contribution in [2.45, 2.75) is 25.8 Å². The van der Waals surface area contributed by atoms with E-state index in [1.165, 1.54) is 10.4 Å². The van der Waals surface area contributed by atoms with Crippen molar-refractivity contribution in [3.63, 3.8) is 0 Å². The molecule has 0 aliphatic heterocycles. The fourth-order valence-corrected chi connectivity index (χ4v) is 8.24. The SMILES string of the molecule is CC(C)(C)[Si](Oc1ccc(Br)c(N=[N+]=[N-])c1)(c1ccccc1)c1ccccc1. The summed E-state index contributed by atoms with van der Waals surface area (Å²) in [4.78, 5) is 2.92. The molecule has 3 aromatic rings. The van der Waals surface area contributed by atoms with Crippen LogP contribution in [0.3, 0.4) is 0 Å². The average molecular weight is 452 g/mol. The smallest absolute Gasteiger partial charge is 0.319 e. The van der Waals surface area contributed by atoms with Crippen molar-refractivity contribution >= 4 is 40.3 Å². The first kappa shape index (κ1) is 20.2. The Hall–Kier alpha value is -2.53. The number of hydrogen-bond donors (Lipinski definition) is 0. The second kappa shape index (κ2) is 8.23. The van der Waals surface area contributed by atoms with E-state index >= 15 is 0 Å². The molecule has 6 heteroatoms. The molecule has 0 saturated carbocycles. The van der Waals surface area contributed by atoms with Gasteiger partial charge >= 0.3 is 8.32 Å². The van der Waals surface area contributed by atoms with E-state index in [1.54, 1.807) is 6.07 Å². The highest BCUT2D eigenvalue weighted by Crippen LogP contribution is 2.39. The zero-order chi connectivity index (χ0) is 20.2. The topological polar surface area (TPSA) is 58.0 Å². The highest BCUT2D eigenvalue weighted by molar-refractivity contribution is 9.10. The Morgan fingerprint density at radius 1 is 0.893 bits per heavy atom. The maximum absolute atomic E-state index is 8.86. The Morgan fingerprint density at radius 2 is 1.43 bits per heavy atom. The third kappa shape index (κ3) is 3.85. The number of nitrogens with zero attached hydrogens (tertiary/aromatic N) is 3. The van der Waals surface area contributed by atoms with E-state index in [0.29, 0.717) is 11.4 Å². The van der Waals surface area contributed by atoms with Crippen molar-refractivity contribution in [2.24, 2.45) is 5.11 Å². The Kier molecular flexibility index (Phi) is 5.94. The molecule has 0 aliphatic rings. The highest BCUT2D eigenvalue weighted by Gasteiger charge is 2.52. The van der Waals surface area contributed by atoms with Gasteiger partial charge in [-0.05, 0) is 39.1 Å². The van der Waals surface area contributed by atoms with Gasteiger partial charge in [0.15, 0.2) is 0 Å². The first-order chi connectivity index (χ1) is 13.4. The van der Waals surface area contributed by atoms with Gasteiger partial charge in [-0.15, -0.1) is 0 Å². The van der Waals surface area contributed by atoms with E-state index in [4.69, 9.17) is 9.96 Å². The molecule has 0 unspecified atom stereocenters. The second-order valence-electron chi connectivity index (χ2n) is 7.57. The van der Waals surface area contributed by atoms with Gasteiger partial charge in [0.05, 0.1) is 5.69 Å². The predicted molar refractivity (Wildman–Crippen MR) is 121 cm³/mol. The predicted octanol–water partition coefficient (Wildman–Crippen LogP) is 6.33. The van der Waals surface area contributed by atoms with Crippen LogP contribution in [-0.2, 0) is 0 Å². The van der Waals surface area contributed by atoms with Crippen LogP contribution in [0.1, 0.15) is 20.8 Å². The van der Waals surface area contributed by atoms with Gasteiger partial charge < -0.3 is 4.43 Å². The molecule has 0 bridgehead atoms. The monoisotopic (exact) mass is 451 g/mol. The van der Waals surface area contributed by atoms with E-state index in [1.807, 2.05) is 24.3 Å².